The van der Waals surface area contributed by atoms with Crippen LogP contribution in [0.3, 0.4) is 0 Å². The van der Waals surface area contributed by atoms with Gasteiger partial charge in [0.25, 0.3) is 5.91 Å². The number of hydrogen-bond acceptors (Lipinski definition) is 4. The zero-order valence-electron chi connectivity index (χ0n) is 14.1. The Morgan fingerprint density at radius 3 is 2.48 bits per heavy atom. The summed E-state index contributed by atoms with van der Waals surface area (Å²) >= 11 is 1.59. The summed E-state index contributed by atoms with van der Waals surface area (Å²) in [5.41, 5.74) is 1.96. The molecule has 1 amide bonds. The van der Waals surface area contributed by atoms with E-state index in [0.717, 1.165) is 24.1 Å². The Labute approximate surface area is 141 Å². The van der Waals surface area contributed by atoms with Crippen LogP contribution in [-0.4, -0.2) is 20.1 Å². The minimum atomic E-state index is -0.0840. The number of thiophene rings is 1. The van der Waals surface area contributed by atoms with Crippen LogP contribution in [0.2, 0.25) is 0 Å². The lowest BCUT2D eigenvalue weighted by molar-refractivity contribution is 0.103. The Balaban J connectivity index is 2.18. The molecule has 2 aromatic rings. The molecular formula is C18H23NO3S. The molecule has 1 aromatic heterocycles. The highest BCUT2D eigenvalue weighted by molar-refractivity contribution is 7.14. The highest BCUT2D eigenvalue weighted by atomic mass is 32.1. The maximum atomic E-state index is 12.5. The van der Waals surface area contributed by atoms with Crippen molar-refractivity contribution in [1.82, 2.24) is 0 Å². The van der Waals surface area contributed by atoms with Gasteiger partial charge in [0.1, 0.15) is 0 Å². The first kappa shape index (κ1) is 17.3. The van der Waals surface area contributed by atoms with Crippen LogP contribution in [0.25, 0.3) is 0 Å². The summed E-state index contributed by atoms with van der Waals surface area (Å²) in [6.45, 7) is 4.28. The quantitative estimate of drug-likeness (QED) is 0.809. The van der Waals surface area contributed by atoms with Gasteiger partial charge in [0.15, 0.2) is 11.5 Å². The fourth-order valence-corrected chi connectivity index (χ4v) is 3.67. The highest BCUT2D eigenvalue weighted by Gasteiger charge is 2.14. The molecule has 0 saturated carbocycles. The van der Waals surface area contributed by atoms with Gasteiger partial charge < -0.3 is 14.8 Å². The van der Waals surface area contributed by atoms with E-state index >= 15 is 0 Å². The Morgan fingerprint density at radius 2 is 1.87 bits per heavy atom. The van der Waals surface area contributed by atoms with Gasteiger partial charge >= 0.3 is 0 Å². The van der Waals surface area contributed by atoms with E-state index in [9.17, 15) is 4.79 Å². The zero-order valence-corrected chi connectivity index (χ0v) is 14.9. The lowest BCUT2D eigenvalue weighted by Crippen LogP contribution is -2.10. The fourth-order valence-electron chi connectivity index (χ4n) is 2.42. The number of aryl methyl sites for hydroxylation is 2. The summed E-state index contributed by atoms with van der Waals surface area (Å²) in [6.07, 6.45) is 3.07. The molecular weight excluding hydrogens is 310 g/mol. The van der Waals surface area contributed by atoms with E-state index in [4.69, 9.17) is 9.47 Å². The summed E-state index contributed by atoms with van der Waals surface area (Å²) in [4.78, 5) is 14.5. The molecule has 0 aliphatic carbocycles. The third-order valence-corrected chi connectivity index (χ3v) is 4.86. The Hall–Kier alpha value is -2.01. The van der Waals surface area contributed by atoms with Crippen LogP contribution in [0.4, 0.5) is 5.69 Å². The SMILES string of the molecule is CCCc1sc(C(=O)Nc2ccc(OC)c(OC)c2)cc1CC. The van der Waals surface area contributed by atoms with E-state index in [0.29, 0.717) is 17.2 Å². The first-order valence-corrected chi connectivity index (χ1v) is 8.59. The molecule has 0 atom stereocenters. The maximum Gasteiger partial charge on any atom is 0.265 e. The summed E-state index contributed by atoms with van der Waals surface area (Å²) in [7, 11) is 3.16. The molecule has 23 heavy (non-hydrogen) atoms. The highest BCUT2D eigenvalue weighted by Crippen LogP contribution is 2.31. The lowest BCUT2D eigenvalue weighted by Gasteiger charge is -2.10. The number of anilines is 1. The Kier molecular flexibility index (Phi) is 6.04. The van der Waals surface area contributed by atoms with Crippen LogP contribution in [0.5, 0.6) is 11.5 Å². The largest absolute Gasteiger partial charge is 0.493 e. The molecule has 0 saturated heterocycles. The van der Waals surface area contributed by atoms with Crippen molar-refractivity contribution in [3.63, 3.8) is 0 Å². The number of carbonyl (C=O) groups is 1. The van der Waals surface area contributed by atoms with Gasteiger partial charge in [-0.25, -0.2) is 0 Å². The van der Waals surface area contributed by atoms with Crippen LogP contribution < -0.4 is 14.8 Å². The van der Waals surface area contributed by atoms with Gasteiger partial charge in [-0.2, -0.15) is 0 Å². The predicted molar refractivity (Wildman–Crippen MR) is 95.2 cm³/mol. The fraction of sp³-hybridized carbons (Fsp3) is 0.389. The zero-order chi connectivity index (χ0) is 16.8. The predicted octanol–water partition coefficient (Wildman–Crippen LogP) is 4.53. The third-order valence-electron chi connectivity index (χ3n) is 3.62. The molecule has 1 aromatic carbocycles. The molecule has 5 heteroatoms. The van der Waals surface area contributed by atoms with Gasteiger partial charge in [-0.05, 0) is 36.6 Å². The van der Waals surface area contributed by atoms with Gasteiger partial charge in [-0.1, -0.05) is 20.3 Å². The molecule has 1 heterocycles. The first-order chi connectivity index (χ1) is 11.1. The molecule has 0 unspecified atom stereocenters. The van der Waals surface area contributed by atoms with Gasteiger partial charge in [-0.15, -0.1) is 11.3 Å². The van der Waals surface area contributed by atoms with Gasteiger partial charge in [0.2, 0.25) is 0 Å². The second-order valence-electron chi connectivity index (χ2n) is 5.19. The number of rotatable bonds is 7. The van der Waals surface area contributed by atoms with E-state index < -0.39 is 0 Å². The molecule has 0 spiro atoms. The van der Waals surface area contributed by atoms with Crippen LogP contribution in [-0.2, 0) is 12.8 Å². The van der Waals surface area contributed by atoms with Crippen LogP contribution in [0, 0.1) is 0 Å². The van der Waals surface area contributed by atoms with Crippen molar-refractivity contribution in [1.29, 1.82) is 0 Å². The van der Waals surface area contributed by atoms with Crippen molar-refractivity contribution < 1.29 is 14.3 Å². The van der Waals surface area contributed by atoms with Gasteiger partial charge in [0, 0.05) is 16.6 Å². The second-order valence-corrected chi connectivity index (χ2v) is 6.32. The number of amides is 1. The van der Waals surface area contributed by atoms with Crippen molar-refractivity contribution in [3.05, 3.63) is 39.6 Å². The van der Waals surface area contributed by atoms with Crippen molar-refractivity contribution in [3.8, 4) is 11.5 Å². The number of nitrogens with one attached hydrogen (secondary N) is 1. The maximum absolute atomic E-state index is 12.5. The number of methoxy groups -OCH3 is 2. The molecule has 124 valence electrons. The lowest BCUT2D eigenvalue weighted by atomic mass is 10.1. The average Bonchev–Trinajstić information content (AvgIpc) is 2.98. The minimum Gasteiger partial charge on any atom is -0.493 e. The standard InChI is InChI=1S/C18H23NO3S/c1-5-7-16-12(6-2)10-17(23-16)18(20)19-13-8-9-14(21-3)15(11-13)22-4/h8-11H,5-7H2,1-4H3,(H,19,20). The third kappa shape index (κ3) is 4.05. The van der Waals surface area contributed by atoms with Crippen molar-refractivity contribution in [2.75, 3.05) is 19.5 Å². The monoisotopic (exact) mass is 333 g/mol. The molecule has 0 bridgehead atoms. The van der Waals surface area contributed by atoms with E-state index in [1.807, 2.05) is 6.07 Å². The van der Waals surface area contributed by atoms with Crippen molar-refractivity contribution in [2.45, 2.75) is 33.1 Å². The number of ether oxygens (including phenoxy) is 2. The van der Waals surface area contributed by atoms with Crippen molar-refractivity contribution in [2.24, 2.45) is 0 Å². The number of carbonyl (C=O) groups excluding carboxylic acids is 1. The molecule has 1 N–H and O–H groups in total. The summed E-state index contributed by atoms with van der Waals surface area (Å²) in [5, 5.41) is 2.93. The average molecular weight is 333 g/mol. The normalized spacial score (nSPS) is 10.4. The Morgan fingerprint density at radius 1 is 1.13 bits per heavy atom. The molecule has 4 nitrogen and oxygen atoms in total. The number of benzene rings is 1. The van der Waals surface area contributed by atoms with E-state index in [-0.39, 0.29) is 5.91 Å². The van der Waals surface area contributed by atoms with Crippen molar-refractivity contribution >= 4 is 22.9 Å². The molecule has 0 fully saturated rings. The molecule has 0 aliphatic rings. The van der Waals surface area contributed by atoms with Gasteiger partial charge in [0.05, 0.1) is 19.1 Å². The van der Waals surface area contributed by atoms with E-state index in [1.165, 1.54) is 10.4 Å². The van der Waals surface area contributed by atoms with Crippen LogP contribution in [0.1, 0.15) is 40.4 Å². The van der Waals surface area contributed by atoms with E-state index in [1.54, 1.807) is 43.8 Å². The topological polar surface area (TPSA) is 47.6 Å². The summed E-state index contributed by atoms with van der Waals surface area (Å²) in [5.74, 6) is 1.15. The second kappa shape index (κ2) is 8.02. The number of hydrogen-bond donors (Lipinski definition) is 1. The Bertz CT molecular complexity index is 679. The molecule has 0 aliphatic heterocycles. The van der Waals surface area contributed by atoms with Crippen LogP contribution in [0.15, 0.2) is 24.3 Å². The van der Waals surface area contributed by atoms with Gasteiger partial charge in [-0.3, -0.25) is 4.79 Å². The summed E-state index contributed by atoms with van der Waals surface area (Å²) in [6, 6.07) is 7.35. The van der Waals surface area contributed by atoms with Crippen LogP contribution >= 0.6 is 11.3 Å². The first-order valence-electron chi connectivity index (χ1n) is 7.77. The van der Waals surface area contributed by atoms with E-state index in [2.05, 4.69) is 19.2 Å². The molecule has 0 radical (unpaired) electrons. The minimum absolute atomic E-state index is 0.0840. The molecule has 2 rings (SSSR count). The summed E-state index contributed by atoms with van der Waals surface area (Å²) < 4.78 is 10.5. The smallest absolute Gasteiger partial charge is 0.265 e.